The van der Waals surface area contributed by atoms with E-state index in [0.29, 0.717) is 0 Å². The predicted molar refractivity (Wildman–Crippen MR) is 48.1 cm³/mol. The van der Waals surface area contributed by atoms with Gasteiger partial charge < -0.3 is 9.52 Å². The van der Waals surface area contributed by atoms with E-state index in [2.05, 4.69) is 5.32 Å². The summed E-state index contributed by atoms with van der Waals surface area (Å²) in [6.45, 7) is 1.43. The number of rotatable bonds is 5. The Balaban J connectivity index is 2.40. The van der Waals surface area contributed by atoms with Crippen LogP contribution in [0.5, 0.6) is 0 Å². The fourth-order valence-electron chi connectivity index (χ4n) is 0.857. The Kier molecular flexibility index (Phi) is 3.41. The number of hydrogen-bond donors (Lipinski definition) is 2. The van der Waals surface area contributed by atoms with Gasteiger partial charge in [0.25, 0.3) is 0 Å². The standard InChI is InChI=1S/C9H11NO4/c1-6(9(12)13)10-5-7(11)8-3-2-4-14-8/h2-4,6,10H,5H2,1H3,(H,12,13). The van der Waals surface area contributed by atoms with Crippen LogP contribution in [0.3, 0.4) is 0 Å². The second-order valence-electron chi connectivity index (χ2n) is 2.84. The molecule has 0 aliphatic carbocycles. The molecule has 2 N–H and O–H groups in total. The van der Waals surface area contributed by atoms with E-state index < -0.39 is 12.0 Å². The maximum absolute atomic E-state index is 11.3. The molecule has 0 aromatic carbocycles. The molecule has 0 spiro atoms. The van der Waals surface area contributed by atoms with Gasteiger partial charge in [0.05, 0.1) is 12.8 Å². The molecule has 1 rings (SSSR count). The summed E-state index contributed by atoms with van der Waals surface area (Å²) in [5, 5.41) is 11.1. The van der Waals surface area contributed by atoms with Crippen LogP contribution in [0.25, 0.3) is 0 Å². The van der Waals surface area contributed by atoms with Gasteiger partial charge in [0.2, 0.25) is 5.78 Å². The highest BCUT2D eigenvalue weighted by atomic mass is 16.4. The SMILES string of the molecule is CC(NCC(=O)c1ccco1)C(=O)O. The number of aliphatic carboxylic acids is 1. The normalized spacial score (nSPS) is 12.4. The summed E-state index contributed by atoms with van der Waals surface area (Å²) in [6.07, 6.45) is 1.40. The van der Waals surface area contributed by atoms with Crippen LogP contribution in [0.15, 0.2) is 22.8 Å². The molecule has 0 saturated heterocycles. The second-order valence-corrected chi connectivity index (χ2v) is 2.84. The quantitative estimate of drug-likeness (QED) is 0.673. The monoisotopic (exact) mass is 197 g/mol. The van der Waals surface area contributed by atoms with Crippen LogP contribution < -0.4 is 5.32 Å². The Bertz CT molecular complexity index is 318. The average molecular weight is 197 g/mol. The number of carbonyl (C=O) groups is 2. The van der Waals surface area contributed by atoms with Crippen LogP contribution in [0, 0.1) is 0 Å². The fraction of sp³-hybridized carbons (Fsp3) is 0.333. The molecule has 1 aromatic rings. The Hall–Kier alpha value is -1.62. The van der Waals surface area contributed by atoms with Crippen molar-refractivity contribution in [3.8, 4) is 0 Å². The molecule has 1 heterocycles. The number of nitrogens with one attached hydrogen (secondary N) is 1. The van der Waals surface area contributed by atoms with Crippen LogP contribution in [0.2, 0.25) is 0 Å². The highest BCUT2D eigenvalue weighted by Gasteiger charge is 2.13. The Labute approximate surface area is 80.7 Å². The van der Waals surface area contributed by atoms with E-state index in [1.165, 1.54) is 19.3 Å². The zero-order valence-corrected chi connectivity index (χ0v) is 7.69. The molecule has 0 bridgehead atoms. The summed E-state index contributed by atoms with van der Waals surface area (Å²) in [6, 6.07) is 2.40. The van der Waals surface area contributed by atoms with Gasteiger partial charge in [-0.2, -0.15) is 0 Å². The number of ketones is 1. The lowest BCUT2D eigenvalue weighted by Crippen LogP contribution is -2.37. The molecule has 5 nitrogen and oxygen atoms in total. The van der Waals surface area contributed by atoms with E-state index >= 15 is 0 Å². The molecule has 0 aliphatic heterocycles. The van der Waals surface area contributed by atoms with E-state index in [9.17, 15) is 9.59 Å². The lowest BCUT2D eigenvalue weighted by molar-refractivity contribution is -0.138. The Morgan fingerprint density at radius 1 is 1.64 bits per heavy atom. The van der Waals surface area contributed by atoms with Crippen molar-refractivity contribution in [1.29, 1.82) is 0 Å². The second kappa shape index (κ2) is 4.57. The first kappa shape index (κ1) is 10.5. The van der Waals surface area contributed by atoms with Crippen molar-refractivity contribution < 1.29 is 19.1 Å². The van der Waals surface area contributed by atoms with Crippen molar-refractivity contribution in [1.82, 2.24) is 5.32 Å². The molecule has 14 heavy (non-hydrogen) atoms. The van der Waals surface area contributed by atoms with Gasteiger partial charge in [0.15, 0.2) is 5.76 Å². The summed E-state index contributed by atoms with van der Waals surface area (Å²) >= 11 is 0. The zero-order valence-electron chi connectivity index (χ0n) is 7.69. The number of carboxylic acids is 1. The molecule has 0 aliphatic rings. The van der Waals surface area contributed by atoms with Crippen LogP contribution >= 0.6 is 0 Å². The number of carboxylic acid groups (broad SMARTS) is 1. The molecule has 76 valence electrons. The van der Waals surface area contributed by atoms with Gasteiger partial charge in [-0.1, -0.05) is 0 Å². The van der Waals surface area contributed by atoms with Crippen molar-refractivity contribution in [2.45, 2.75) is 13.0 Å². The Morgan fingerprint density at radius 2 is 2.36 bits per heavy atom. The summed E-state index contributed by atoms with van der Waals surface area (Å²) in [5.41, 5.74) is 0. The molecular weight excluding hydrogens is 186 g/mol. The minimum absolute atomic E-state index is 0.0407. The molecule has 1 unspecified atom stereocenters. The van der Waals surface area contributed by atoms with Crippen LogP contribution in [0.1, 0.15) is 17.5 Å². The molecular formula is C9H11NO4. The van der Waals surface area contributed by atoms with Gasteiger partial charge in [-0.3, -0.25) is 14.9 Å². The number of carbonyl (C=O) groups excluding carboxylic acids is 1. The number of Topliss-reactive ketones (excluding diaryl/α,β-unsaturated/α-hetero) is 1. The highest BCUT2D eigenvalue weighted by Crippen LogP contribution is 2.00. The first-order valence-electron chi connectivity index (χ1n) is 4.14. The third-order valence-corrected chi connectivity index (χ3v) is 1.74. The van der Waals surface area contributed by atoms with E-state index in [1.807, 2.05) is 0 Å². The Morgan fingerprint density at radius 3 is 2.86 bits per heavy atom. The van der Waals surface area contributed by atoms with Crippen molar-refractivity contribution in [3.63, 3.8) is 0 Å². The van der Waals surface area contributed by atoms with Crippen LogP contribution in [0.4, 0.5) is 0 Å². The van der Waals surface area contributed by atoms with E-state index in [0.717, 1.165) is 0 Å². The predicted octanol–water partition coefficient (Wildman–Crippen LogP) is 0.525. The minimum atomic E-state index is -0.989. The highest BCUT2D eigenvalue weighted by molar-refractivity contribution is 5.95. The molecule has 0 fully saturated rings. The number of furan rings is 1. The largest absolute Gasteiger partial charge is 0.480 e. The molecule has 5 heteroatoms. The van der Waals surface area contributed by atoms with Gasteiger partial charge in [0, 0.05) is 0 Å². The third-order valence-electron chi connectivity index (χ3n) is 1.74. The summed E-state index contributed by atoms with van der Waals surface area (Å²) in [5.74, 6) is -1.02. The molecule has 1 aromatic heterocycles. The molecule has 0 amide bonds. The fourth-order valence-corrected chi connectivity index (χ4v) is 0.857. The summed E-state index contributed by atoms with van der Waals surface area (Å²) < 4.78 is 4.85. The zero-order chi connectivity index (χ0) is 10.6. The lowest BCUT2D eigenvalue weighted by Gasteiger charge is -2.06. The summed E-state index contributed by atoms with van der Waals surface area (Å²) in [7, 11) is 0. The van der Waals surface area contributed by atoms with E-state index in [4.69, 9.17) is 9.52 Å². The van der Waals surface area contributed by atoms with Crippen molar-refractivity contribution in [2.75, 3.05) is 6.54 Å². The topological polar surface area (TPSA) is 79.5 Å². The molecule has 1 atom stereocenters. The average Bonchev–Trinajstić information content (AvgIpc) is 2.66. The van der Waals surface area contributed by atoms with Gasteiger partial charge in [-0.15, -0.1) is 0 Å². The van der Waals surface area contributed by atoms with E-state index in [-0.39, 0.29) is 18.1 Å². The van der Waals surface area contributed by atoms with Crippen molar-refractivity contribution >= 4 is 11.8 Å². The van der Waals surface area contributed by atoms with Crippen LogP contribution in [-0.2, 0) is 4.79 Å². The van der Waals surface area contributed by atoms with Crippen LogP contribution in [-0.4, -0.2) is 29.4 Å². The number of hydrogen-bond acceptors (Lipinski definition) is 4. The van der Waals surface area contributed by atoms with Gasteiger partial charge in [0.1, 0.15) is 6.04 Å². The smallest absolute Gasteiger partial charge is 0.320 e. The molecule has 0 saturated carbocycles. The van der Waals surface area contributed by atoms with Gasteiger partial charge in [-0.25, -0.2) is 0 Å². The minimum Gasteiger partial charge on any atom is -0.480 e. The van der Waals surface area contributed by atoms with E-state index in [1.54, 1.807) is 6.07 Å². The van der Waals surface area contributed by atoms with Crippen molar-refractivity contribution in [2.24, 2.45) is 0 Å². The molecule has 0 radical (unpaired) electrons. The van der Waals surface area contributed by atoms with Gasteiger partial charge >= 0.3 is 5.97 Å². The summed E-state index contributed by atoms with van der Waals surface area (Å²) in [4.78, 5) is 21.7. The first-order chi connectivity index (χ1) is 6.61. The maximum Gasteiger partial charge on any atom is 0.320 e. The first-order valence-corrected chi connectivity index (χ1v) is 4.14. The van der Waals surface area contributed by atoms with Crippen molar-refractivity contribution in [3.05, 3.63) is 24.2 Å². The lowest BCUT2D eigenvalue weighted by atomic mass is 10.2. The van der Waals surface area contributed by atoms with Gasteiger partial charge in [-0.05, 0) is 19.1 Å². The maximum atomic E-state index is 11.3. The third kappa shape index (κ3) is 2.70.